The smallest absolute Gasteiger partial charge is 0.417 e. The number of hydrogen-bond acceptors (Lipinski definition) is 4. The highest BCUT2D eigenvalue weighted by atomic mass is 35.5. The highest BCUT2D eigenvalue weighted by Crippen LogP contribution is 2.37. The van der Waals surface area contributed by atoms with Crippen LogP contribution in [0, 0.1) is 6.07 Å². The molecule has 141 valence electrons. The summed E-state index contributed by atoms with van der Waals surface area (Å²) in [6, 6.07) is 9.67. The van der Waals surface area contributed by atoms with E-state index in [-0.39, 0.29) is 22.9 Å². The molecule has 0 fully saturated rings. The van der Waals surface area contributed by atoms with E-state index >= 15 is 0 Å². The number of rotatable bonds is 4. The quantitative estimate of drug-likeness (QED) is 0.365. The molecule has 0 saturated heterocycles. The average molecular weight is 424 g/mol. The van der Waals surface area contributed by atoms with Crippen molar-refractivity contribution in [2.45, 2.75) is 11.6 Å². The number of aromatic nitrogens is 2. The predicted octanol–water partition coefficient (Wildman–Crippen LogP) is 6.29. The Morgan fingerprint density at radius 2 is 1.81 bits per heavy atom. The molecule has 0 aliphatic heterocycles. The maximum atomic E-state index is 13.0. The lowest BCUT2D eigenvalue weighted by Gasteiger charge is -2.11. The first kappa shape index (κ1) is 19.4. The lowest BCUT2D eigenvalue weighted by atomic mass is 10.2. The van der Waals surface area contributed by atoms with Gasteiger partial charge in [0.1, 0.15) is 11.5 Å². The van der Waals surface area contributed by atoms with Gasteiger partial charge >= 0.3 is 17.4 Å². The van der Waals surface area contributed by atoms with Gasteiger partial charge in [-0.05, 0) is 35.9 Å². The fourth-order valence-electron chi connectivity index (χ4n) is 2.01. The molecule has 0 spiro atoms. The van der Waals surface area contributed by atoms with Crippen LogP contribution in [0.15, 0.2) is 40.9 Å². The third-order valence-corrected chi connectivity index (χ3v) is 3.65. The minimum atomic E-state index is -4.59. The lowest BCUT2D eigenvalue weighted by Crippen LogP contribution is -2.05. The monoisotopic (exact) mass is 423 g/mol. The Balaban J connectivity index is 1.84. The maximum Gasteiger partial charge on any atom is 0.417 e. The van der Waals surface area contributed by atoms with Gasteiger partial charge in [0.15, 0.2) is 0 Å². The third kappa shape index (κ3) is 4.48. The van der Waals surface area contributed by atoms with Crippen LogP contribution >= 0.6 is 23.2 Å². The van der Waals surface area contributed by atoms with E-state index in [0.717, 1.165) is 18.2 Å². The van der Waals surface area contributed by atoms with E-state index in [2.05, 4.69) is 20.7 Å². The molecule has 0 unspecified atom stereocenters. The van der Waals surface area contributed by atoms with Crippen molar-refractivity contribution < 1.29 is 31.2 Å². The fourth-order valence-corrected chi connectivity index (χ4v) is 2.37. The second kappa shape index (κ2) is 6.97. The van der Waals surface area contributed by atoms with Crippen LogP contribution in [0.4, 0.5) is 22.0 Å². The van der Waals surface area contributed by atoms with Gasteiger partial charge in [-0.1, -0.05) is 22.8 Å². The Morgan fingerprint density at radius 1 is 1.07 bits per heavy atom. The second-order valence-corrected chi connectivity index (χ2v) is 5.99. The maximum absolute atomic E-state index is 13.0. The largest absolute Gasteiger partial charge is 0.457 e. The molecule has 0 bridgehead atoms. The molecular formula is C16H6Cl2F5N2O2. The molecule has 0 aliphatic carbocycles. The Kier molecular flexibility index (Phi) is 5.00. The first-order valence-corrected chi connectivity index (χ1v) is 7.77. The topological polar surface area (TPSA) is 48.2 Å². The first-order valence-electron chi connectivity index (χ1n) is 7.01. The van der Waals surface area contributed by atoms with Gasteiger partial charge < -0.3 is 9.26 Å². The Bertz CT molecular complexity index is 970. The van der Waals surface area contributed by atoms with Crippen LogP contribution < -0.4 is 4.74 Å². The number of nitrogens with zero attached hydrogens (tertiary/aromatic N) is 2. The predicted molar refractivity (Wildman–Crippen MR) is 84.8 cm³/mol. The van der Waals surface area contributed by atoms with Gasteiger partial charge in [0, 0.05) is 17.7 Å². The van der Waals surface area contributed by atoms with Gasteiger partial charge in [-0.15, -0.1) is 0 Å². The van der Waals surface area contributed by atoms with Gasteiger partial charge in [-0.3, -0.25) is 0 Å². The van der Waals surface area contributed by atoms with Crippen molar-refractivity contribution in [1.82, 2.24) is 10.1 Å². The summed E-state index contributed by atoms with van der Waals surface area (Å²) >= 11 is 10.4. The summed E-state index contributed by atoms with van der Waals surface area (Å²) in [5.41, 5.74) is -0.770. The van der Waals surface area contributed by atoms with E-state index < -0.39 is 28.0 Å². The van der Waals surface area contributed by atoms with E-state index in [1.54, 1.807) is 0 Å². The lowest BCUT2D eigenvalue weighted by molar-refractivity contribution is -0.137. The van der Waals surface area contributed by atoms with Crippen molar-refractivity contribution in [2.24, 2.45) is 0 Å². The summed E-state index contributed by atoms with van der Waals surface area (Å²) in [6.45, 7) is 0. The molecule has 0 saturated carbocycles. The molecule has 3 aromatic rings. The number of benzene rings is 2. The van der Waals surface area contributed by atoms with E-state index in [1.807, 2.05) is 0 Å². The van der Waals surface area contributed by atoms with E-state index in [1.165, 1.54) is 18.2 Å². The van der Waals surface area contributed by atoms with Crippen LogP contribution in [0.2, 0.25) is 5.02 Å². The molecule has 1 radical (unpaired) electrons. The second-order valence-electron chi connectivity index (χ2n) is 5.10. The third-order valence-electron chi connectivity index (χ3n) is 3.18. The Labute approximate surface area is 158 Å². The standard InChI is InChI=1S/C16H6Cl2F5N2O2/c17-12-7-10(4-5-11(12)16(21,22)23)26-9-3-1-2-8(6-9)13-24-14(27-25-13)15(18,19)20/h1-2,4-7H. The van der Waals surface area contributed by atoms with Gasteiger partial charge in [0.05, 0.1) is 10.6 Å². The zero-order valence-electron chi connectivity index (χ0n) is 12.8. The molecular weight excluding hydrogens is 418 g/mol. The van der Waals surface area contributed by atoms with E-state index in [0.29, 0.717) is 0 Å². The normalized spacial score (nSPS) is 12.3. The molecule has 27 heavy (non-hydrogen) atoms. The molecule has 11 heteroatoms. The molecule has 4 nitrogen and oxygen atoms in total. The van der Waals surface area contributed by atoms with Crippen LogP contribution in [-0.2, 0) is 11.6 Å². The molecule has 1 heterocycles. The molecule has 0 atom stereocenters. The van der Waals surface area contributed by atoms with E-state index in [4.69, 9.17) is 27.9 Å². The van der Waals surface area contributed by atoms with Crippen LogP contribution in [0.25, 0.3) is 11.4 Å². The minimum absolute atomic E-state index is 0.0162. The van der Waals surface area contributed by atoms with Gasteiger partial charge in [0.2, 0.25) is 5.82 Å². The molecule has 1 aromatic heterocycles. The molecule has 3 rings (SSSR count). The van der Waals surface area contributed by atoms with Crippen molar-refractivity contribution in [3.8, 4) is 22.9 Å². The van der Waals surface area contributed by atoms with Crippen molar-refractivity contribution in [2.75, 3.05) is 0 Å². The van der Waals surface area contributed by atoms with Crippen LogP contribution in [-0.4, -0.2) is 10.1 Å². The molecule has 2 aromatic carbocycles. The number of ether oxygens (including phenoxy) is 1. The number of alkyl halides is 6. The molecule has 0 aliphatic rings. The SMILES string of the molecule is FC(F)(F)c1ccc(Oc2[c]ccc(-c3noc(C(F)(F)Cl)n3)c2)cc1Cl. The van der Waals surface area contributed by atoms with Crippen molar-refractivity contribution >= 4 is 23.2 Å². The average Bonchev–Trinajstić information content (AvgIpc) is 3.04. The van der Waals surface area contributed by atoms with E-state index in [9.17, 15) is 22.0 Å². The molecule has 0 N–H and O–H groups in total. The van der Waals surface area contributed by atoms with Crippen LogP contribution in [0.5, 0.6) is 11.5 Å². The Hall–Kier alpha value is -2.39. The summed E-state index contributed by atoms with van der Waals surface area (Å²) in [7, 11) is 0. The summed E-state index contributed by atoms with van der Waals surface area (Å²) < 4.78 is 73.8. The number of hydrogen-bond donors (Lipinski definition) is 0. The number of halogens is 7. The van der Waals surface area contributed by atoms with Gasteiger partial charge in [0.25, 0.3) is 0 Å². The van der Waals surface area contributed by atoms with Crippen molar-refractivity contribution in [1.29, 1.82) is 0 Å². The highest BCUT2D eigenvalue weighted by molar-refractivity contribution is 6.31. The van der Waals surface area contributed by atoms with Crippen molar-refractivity contribution in [3.63, 3.8) is 0 Å². The molecule has 0 amide bonds. The highest BCUT2D eigenvalue weighted by Gasteiger charge is 2.36. The summed E-state index contributed by atoms with van der Waals surface area (Å²) in [4.78, 5) is 3.48. The van der Waals surface area contributed by atoms with Crippen LogP contribution in [0.1, 0.15) is 11.5 Å². The van der Waals surface area contributed by atoms with Crippen LogP contribution in [0.3, 0.4) is 0 Å². The fraction of sp³-hybridized carbons (Fsp3) is 0.125. The van der Waals surface area contributed by atoms with Gasteiger partial charge in [-0.2, -0.15) is 26.9 Å². The van der Waals surface area contributed by atoms with Crippen molar-refractivity contribution in [3.05, 3.63) is 58.9 Å². The zero-order valence-corrected chi connectivity index (χ0v) is 14.3. The Morgan fingerprint density at radius 3 is 2.41 bits per heavy atom. The summed E-state index contributed by atoms with van der Waals surface area (Å²) in [6.07, 6.45) is -4.59. The first-order chi connectivity index (χ1) is 12.5. The summed E-state index contributed by atoms with van der Waals surface area (Å²) in [5.74, 6) is -1.19. The minimum Gasteiger partial charge on any atom is -0.457 e. The summed E-state index contributed by atoms with van der Waals surface area (Å²) in [5, 5.41) is -0.968. The zero-order chi connectivity index (χ0) is 19.8. The van der Waals surface area contributed by atoms with Gasteiger partial charge in [-0.25, -0.2) is 0 Å².